The van der Waals surface area contributed by atoms with Gasteiger partial charge in [-0.15, -0.1) is 0 Å². The largest absolute Gasteiger partial charge is 0.306 e. The van der Waals surface area contributed by atoms with Gasteiger partial charge in [0.15, 0.2) is 0 Å². The van der Waals surface area contributed by atoms with E-state index in [2.05, 4.69) is 6.92 Å². The monoisotopic (exact) mass is 596 g/mol. The Balaban J connectivity index is 1.50. The summed E-state index contributed by atoms with van der Waals surface area (Å²) < 4.78 is 33.5. The Morgan fingerprint density at radius 1 is 0.439 bits per heavy atom. The van der Waals surface area contributed by atoms with E-state index in [1.54, 1.807) is 24.3 Å². The lowest BCUT2D eigenvalue weighted by molar-refractivity contribution is 0.506. The molecule has 3 rings (SSSR count). The second kappa shape index (κ2) is 19.2. The summed E-state index contributed by atoms with van der Waals surface area (Å²) in [5, 5.41) is 0. The molecule has 0 atom stereocenters. The molecule has 3 nitrogen and oxygen atoms in total. The van der Waals surface area contributed by atoms with Crippen LogP contribution in [0.15, 0.2) is 106 Å². The fourth-order valence-corrected chi connectivity index (χ4v) is 10.9. The van der Waals surface area contributed by atoms with Gasteiger partial charge >= 0.3 is 10.1 Å². The van der Waals surface area contributed by atoms with E-state index in [-0.39, 0.29) is 4.90 Å². The molecule has 0 bridgehead atoms. The van der Waals surface area contributed by atoms with Crippen LogP contribution in [-0.4, -0.2) is 14.2 Å². The van der Waals surface area contributed by atoms with Gasteiger partial charge in [-0.05, 0) is 42.8 Å². The highest BCUT2D eigenvalue weighted by molar-refractivity contribution is 8.33. The van der Waals surface area contributed by atoms with Crippen molar-refractivity contribution < 1.29 is 12.0 Å². The van der Waals surface area contributed by atoms with E-state index >= 15 is 0 Å². The van der Waals surface area contributed by atoms with E-state index in [1.807, 2.05) is 66.7 Å². The van der Waals surface area contributed by atoms with Crippen molar-refractivity contribution in [2.75, 3.05) is 5.75 Å². The minimum Gasteiger partial charge on any atom is -0.207 e. The van der Waals surface area contributed by atoms with Gasteiger partial charge in [0.2, 0.25) is 0 Å². The summed E-state index contributed by atoms with van der Waals surface area (Å²) in [6.45, 7) is 2.28. The van der Waals surface area contributed by atoms with Crippen LogP contribution in [0.25, 0.3) is 0 Å². The average molecular weight is 597 g/mol. The molecular weight excluding hydrogens is 545 g/mol. The van der Waals surface area contributed by atoms with Crippen LogP contribution in [0.4, 0.5) is 0 Å². The minimum absolute atomic E-state index is 0.204. The summed E-state index contributed by atoms with van der Waals surface area (Å²) in [5.74, 6) is 0.686. The second-order valence-corrected chi connectivity index (χ2v) is 15.8. The predicted molar refractivity (Wildman–Crippen MR) is 176 cm³/mol. The minimum atomic E-state index is -3.95. The molecule has 0 aromatic heterocycles. The molecule has 0 fully saturated rings. The number of unbranched alkanes of at least 4 members (excludes halogenated alkanes) is 15. The molecule has 0 saturated heterocycles. The zero-order valence-electron chi connectivity index (χ0n) is 25.2. The maximum atomic E-state index is 13.6. The third kappa shape index (κ3) is 11.6. The molecule has 5 heteroatoms. The maximum absolute atomic E-state index is 13.6. The van der Waals surface area contributed by atoms with E-state index < -0.39 is 20.4 Å². The summed E-state index contributed by atoms with van der Waals surface area (Å²) in [4.78, 5) is 2.11. The van der Waals surface area contributed by atoms with Crippen molar-refractivity contribution in [2.45, 2.75) is 124 Å². The number of benzene rings is 3. The quantitative estimate of drug-likeness (QED) is 0.108. The van der Waals surface area contributed by atoms with E-state index in [4.69, 9.17) is 3.63 Å². The van der Waals surface area contributed by atoms with Crippen LogP contribution in [0.5, 0.6) is 0 Å². The summed E-state index contributed by atoms with van der Waals surface area (Å²) in [6, 6.07) is 28.5. The molecule has 0 spiro atoms. The Labute approximate surface area is 252 Å². The average Bonchev–Trinajstić information content (AvgIpc) is 3.01. The molecule has 0 N–H and O–H groups in total. The van der Waals surface area contributed by atoms with E-state index in [9.17, 15) is 8.42 Å². The van der Waals surface area contributed by atoms with Gasteiger partial charge in [-0.1, -0.05) is 168 Å². The third-order valence-electron chi connectivity index (χ3n) is 7.77. The second-order valence-electron chi connectivity index (χ2n) is 11.1. The Bertz CT molecular complexity index is 1130. The lowest BCUT2D eigenvalue weighted by Gasteiger charge is -2.39. The van der Waals surface area contributed by atoms with Gasteiger partial charge in [0, 0.05) is 15.5 Å². The van der Waals surface area contributed by atoms with Gasteiger partial charge in [0.1, 0.15) is 0 Å². The van der Waals surface area contributed by atoms with Crippen LogP contribution in [0, 0.1) is 0 Å². The maximum Gasteiger partial charge on any atom is 0.306 e. The van der Waals surface area contributed by atoms with Crippen LogP contribution in [0.1, 0.15) is 110 Å². The Morgan fingerprint density at radius 2 is 0.756 bits per heavy atom. The molecule has 0 saturated carbocycles. The van der Waals surface area contributed by atoms with Crippen molar-refractivity contribution in [3.8, 4) is 0 Å². The van der Waals surface area contributed by atoms with Crippen LogP contribution < -0.4 is 0 Å². The first-order valence-corrected chi connectivity index (χ1v) is 19.1. The third-order valence-corrected chi connectivity index (χ3v) is 13.2. The van der Waals surface area contributed by atoms with Crippen molar-refractivity contribution >= 4 is 20.4 Å². The Hall–Kier alpha value is -2.08. The fourth-order valence-electron chi connectivity index (χ4n) is 5.40. The van der Waals surface area contributed by atoms with Gasteiger partial charge in [0.25, 0.3) is 0 Å². The number of hydrogen-bond donors (Lipinski definition) is 0. The van der Waals surface area contributed by atoms with Gasteiger partial charge in [-0.3, -0.25) is 0 Å². The summed E-state index contributed by atoms with van der Waals surface area (Å²) >= 11 is 0. The highest BCUT2D eigenvalue weighted by atomic mass is 32.3. The first-order chi connectivity index (χ1) is 20.1. The number of rotatable bonds is 22. The van der Waals surface area contributed by atoms with E-state index in [0.717, 1.165) is 22.6 Å². The van der Waals surface area contributed by atoms with Gasteiger partial charge < -0.3 is 0 Å². The van der Waals surface area contributed by atoms with Crippen molar-refractivity contribution in [3.63, 3.8) is 0 Å². The van der Waals surface area contributed by atoms with Crippen molar-refractivity contribution in [1.82, 2.24) is 0 Å². The molecule has 0 unspecified atom stereocenters. The predicted octanol–water partition coefficient (Wildman–Crippen LogP) is 11.5. The van der Waals surface area contributed by atoms with E-state index in [0.29, 0.717) is 5.75 Å². The molecule has 0 amide bonds. The fraction of sp³-hybridized carbons (Fsp3) is 0.500. The standard InChI is InChI=1S/C36H52O3S2/c1-2-3-4-5-6-7-8-9-10-11-12-13-14-15-16-26-33-40(34-27-20-17-21-28-34,35-29-22-18-23-30-35)39-41(37,38)36-31-24-19-25-32-36/h17-25,27-32H,2-16,26,33H2,1H3. The molecule has 3 aromatic rings. The zero-order chi connectivity index (χ0) is 29.1. The van der Waals surface area contributed by atoms with Crippen LogP contribution >= 0.6 is 10.3 Å². The molecular formula is C36H52O3S2. The van der Waals surface area contributed by atoms with Crippen molar-refractivity contribution in [2.24, 2.45) is 0 Å². The molecule has 0 heterocycles. The SMILES string of the molecule is CCCCCCCCCCCCCCCCCCS(OS(=O)(=O)c1ccccc1)(c1ccccc1)c1ccccc1. The first-order valence-electron chi connectivity index (χ1n) is 16.0. The number of hydrogen-bond acceptors (Lipinski definition) is 3. The highest BCUT2D eigenvalue weighted by Gasteiger charge is 2.35. The van der Waals surface area contributed by atoms with Crippen LogP contribution in [0.2, 0.25) is 0 Å². The Morgan fingerprint density at radius 3 is 1.12 bits per heavy atom. The van der Waals surface area contributed by atoms with Crippen molar-refractivity contribution in [3.05, 3.63) is 91.0 Å². The van der Waals surface area contributed by atoms with Gasteiger partial charge in [-0.2, -0.15) is 8.42 Å². The Kier molecular flexibility index (Phi) is 15.6. The lowest BCUT2D eigenvalue weighted by Crippen LogP contribution is -2.16. The van der Waals surface area contributed by atoms with Crippen LogP contribution in [0.3, 0.4) is 0 Å². The van der Waals surface area contributed by atoms with Gasteiger partial charge in [0.05, 0.1) is 4.90 Å². The first kappa shape index (κ1) is 33.4. The lowest BCUT2D eigenvalue weighted by atomic mass is 10.0. The van der Waals surface area contributed by atoms with Gasteiger partial charge in [-0.25, -0.2) is 3.63 Å². The molecule has 41 heavy (non-hydrogen) atoms. The van der Waals surface area contributed by atoms with E-state index in [1.165, 1.54) is 89.9 Å². The topological polar surface area (TPSA) is 43.4 Å². The summed E-state index contributed by atoms with van der Waals surface area (Å²) in [7, 11) is -6.22. The van der Waals surface area contributed by atoms with Crippen LogP contribution in [-0.2, 0) is 13.7 Å². The molecule has 226 valence electrons. The smallest absolute Gasteiger partial charge is 0.207 e. The molecule has 0 radical (unpaired) electrons. The molecule has 0 aliphatic heterocycles. The zero-order valence-corrected chi connectivity index (χ0v) is 26.9. The molecule has 0 aliphatic carbocycles. The summed E-state index contributed by atoms with van der Waals surface area (Å²) in [6.07, 6.45) is 21.0. The molecule has 0 aliphatic rings. The van der Waals surface area contributed by atoms with Crippen molar-refractivity contribution in [1.29, 1.82) is 0 Å². The molecule has 3 aromatic carbocycles. The normalized spacial score (nSPS) is 12.4. The highest BCUT2D eigenvalue weighted by Crippen LogP contribution is 2.65. The summed E-state index contributed by atoms with van der Waals surface area (Å²) in [5.41, 5.74) is 0.